The van der Waals surface area contributed by atoms with Gasteiger partial charge >= 0.3 is 0 Å². The summed E-state index contributed by atoms with van der Waals surface area (Å²) in [4.78, 5) is 0. The van der Waals surface area contributed by atoms with Crippen LogP contribution in [-0.2, 0) is 0 Å². The van der Waals surface area contributed by atoms with Crippen LogP contribution in [0.5, 0.6) is 0 Å². The SMILES string of the molecule is C[Si](C)(C)C(=PCl)[Si](C)(C)C. The molecule has 0 aliphatic rings. The quantitative estimate of drug-likeness (QED) is 0.491. The lowest BCUT2D eigenvalue weighted by Gasteiger charge is -2.29. The molecule has 0 aliphatic carbocycles. The van der Waals surface area contributed by atoms with E-state index < -0.39 is 16.1 Å². The molecule has 0 aliphatic heterocycles. The van der Waals surface area contributed by atoms with Gasteiger partial charge in [-0.2, -0.15) is 0 Å². The summed E-state index contributed by atoms with van der Waals surface area (Å²) in [5.41, 5.74) is 0. The average molecular weight is 225 g/mol. The summed E-state index contributed by atoms with van der Waals surface area (Å²) in [5.74, 6) is 0. The molecule has 0 radical (unpaired) electrons. The Morgan fingerprint density at radius 3 is 1.18 bits per heavy atom. The van der Waals surface area contributed by atoms with Crippen LogP contribution in [0.2, 0.25) is 39.3 Å². The maximum absolute atomic E-state index is 5.94. The number of hydrogen-bond donors (Lipinski definition) is 0. The van der Waals surface area contributed by atoms with Gasteiger partial charge in [-0.3, -0.25) is 0 Å². The summed E-state index contributed by atoms with van der Waals surface area (Å²) in [7, 11) is -1.15. The lowest BCUT2D eigenvalue weighted by Crippen LogP contribution is -2.48. The van der Waals surface area contributed by atoms with E-state index >= 15 is 0 Å². The molecule has 0 amide bonds. The van der Waals surface area contributed by atoms with Gasteiger partial charge in [0.15, 0.2) is 0 Å². The van der Waals surface area contributed by atoms with E-state index in [1.165, 1.54) is 0 Å². The van der Waals surface area contributed by atoms with E-state index in [2.05, 4.69) is 39.3 Å². The van der Waals surface area contributed by atoms with Crippen molar-refractivity contribution in [3.8, 4) is 0 Å². The Morgan fingerprint density at radius 2 is 1.18 bits per heavy atom. The molecule has 0 bridgehead atoms. The maximum Gasteiger partial charge on any atom is 0.0746 e. The van der Waals surface area contributed by atoms with Gasteiger partial charge in [0.2, 0.25) is 0 Å². The van der Waals surface area contributed by atoms with Crippen LogP contribution in [0.25, 0.3) is 0 Å². The van der Waals surface area contributed by atoms with Crippen molar-refractivity contribution >= 4 is 39.5 Å². The zero-order valence-corrected chi connectivity index (χ0v) is 12.0. The summed E-state index contributed by atoms with van der Waals surface area (Å²) >= 11 is 5.94. The maximum atomic E-state index is 5.94. The number of rotatable bonds is 2. The van der Waals surface area contributed by atoms with Gasteiger partial charge in [0, 0.05) is 0 Å². The van der Waals surface area contributed by atoms with E-state index in [4.69, 9.17) is 11.2 Å². The predicted octanol–water partition coefficient (Wildman–Crippen LogP) is 4.01. The van der Waals surface area contributed by atoms with Gasteiger partial charge in [-0.25, -0.2) is 0 Å². The van der Waals surface area contributed by atoms with Gasteiger partial charge in [0.05, 0.1) is 16.1 Å². The normalized spacial score (nSPS) is 13.7. The third-order valence-corrected chi connectivity index (χ3v) is 15.1. The molecule has 0 N–H and O–H groups in total. The van der Waals surface area contributed by atoms with Crippen LogP contribution in [0, 0.1) is 0 Å². The molecular weight excluding hydrogens is 207 g/mol. The summed E-state index contributed by atoms with van der Waals surface area (Å²) < 4.78 is 1.67. The largest absolute Gasteiger partial charge is 0.0746 e. The molecule has 0 fully saturated rings. The Balaban J connectivity index is 4.74. The van der Waals surface area contributed by atoms with Crippen LogP contribution < -0.4 is 0 Å². The first-order valence-corrected chi connectivity index (χ1v) is 12.7. The number of halogens is 1. The highest BCUT2D eigenvalue weighted by molar-refractivity contribution is 7.79. The molecule has 0 nitrogen and oxygen atoms in total. The highest BCUT2D eigenvalue weighted by atomic mass is 35.7. The molecule has 0 saturated heterocycles. The molecule has 0 unspecified atom stereocenters. The van der Waals surface area contributed by atoms with Gasteiger partial charge in [-0.05, 0) is 7.56 Å². The molecule has 0 rings (SSSR count). The van der Waals surface area contributed by atoms with E-state index in [9.17, 15) is 0 Å². The van der Waals surface area contributed by atoms with Gasteiger partial charge in [0.1, 0.15) is 0 Å². The molecule has 0 spiro atoms. The molecule has 66 valence electrons. The Morgan fingerprint density at radius 1 is 0.909 bits per heavy atom. The highest BCUT2D eigenvalue weighted by Crippen LogP contribution is 2.23. The molecular formula is C7H18ClPSi2. The molecule has 11 heavy (non-hydrogen) atoms. The van der Waals surface area contributed by atoms with Crippen molar-refractivity contribution in [2.24, 2.45) is 0 Å². The van der Waals surface area contributed by atoms with Crippen LogP contribution in [0.3, 0.4) is 0 Å². The Bertz CT molecular complexity index is 148. The van der Waals surface area contributed by atoms with Crippen LogP contribution in [-0.4, -0.2) is 20.7 Å². The average Bonchev–Trinajstić information content (AvgIpc) is 1.56. The van der Waals surface area contributed by atoms with Crippen molar-refractivity contribution in [2.75, 3.05) is 0 Å². The molecule has 4 heteroatoms. The van der Waals surface area contributed by atoms with E-state index in [1.54, 1.807) is 4.54 Å². The minimum Gasteiger partial charge on any atom is -0.0659 e. The van der Waals surface area contributed by atoms with Crippen molar-refractivity contribution in [1.82, 2.24) is 0 Å². The van der Waals surface area contributed by atoms with Crippen molar-refractivity contribution in [1.29, 1.82) is 0 Å². The fourth-order valence-electron chi connectivity index (χ4n) is 1.38. The smallest absolute Gasteiger partial charge is 0.0659 e. The molecule has 0 aromatic carbocycles. The standard InChI is InChI=1S/C7H18ClPSi2/c1-10(2,3)7(9-8)11(4,5)6/h1-6H3. The molecule has 0 aromatic rings. The van der Waals surface area contributed by atoms with Gasteiger partial charge in [-0.1, -0.05) is 55.1 Å². The van der Waals surface area contributed by atoms with E-state index in [-0.39, 0.29) is 0 Å². The van der Waals surface area contributed by atoms with Gasteiger partial charge in [-0.15, -0.1) is 0 Å². The zero-order chi connectivity index (χ0) is 9.28. The predicted molar refractivity (Wildman–Crippen MR) is 64.5 cm³/mol. The second-order valence-electron chi connectivity index (χ2n) is 4.93. The lowest BCUT2D eigenvalue weighted by atomic mass is 11.7. The topological polar surface area (TPSA) is 0 Å². The molecule has 0 atom stereocenters. The van der Waals surface area contributed by atoms with Crippen LogP contribution in [0.4, 0.5) is 0 Å². The first-order chi connectivity index (χ1) is 4.69. The van der Waals surface area contributed by atoms with E-state index in [0.29, 0.717) is 0 Å². The van der Waals surface area contributed by atoms with Crippen molar-refractivity contribution < 1.29 is 0 Å². The minimum atomic E-state index is -1.09. The Labute approximate surface area is 79.0 Å². The van der Waals surface area contributed by atoms with E-state index in [1.807, 2.05) is 0 Å². The Kier molecular flexibility index (Phi) is 4.04. The zero-order valence-electron chi connectivity index (χ0n) is 8.33. The first-order valence-electron chi connectivity index (χ1n) is 3.89. The Hall–Kier alpha value is 0.894. The summed E-state index contributed by atoms with van der Waals surface area (Å²) in [6.07, 6.45) is 0. The van der Waals surface area contributed by atoms with Crippen LogP contribution >= 0.6 is 18.8 Å². The fraction of sp³-hybridized carbons (Fsp3) is 0.857. The third-order valence-electron chi connectivity index (χ3n) is 1.51. The summed E-state index contributed by atoms with van der Waals surface area (Å²) in [6.45, 7) is 14.3. The van der Waals surface area contributed by atoms with Gasteiger partial charge in [0.25, 0.3) is 0 Å². The second kappa shape index (κ2) is 3.74. The van der Waals surface area contributed by atoms with Gasteiger partial charge < -0.3 is 0 Å². The van der Waals surface area contributed by atoms with Crippen LogP contribution in [0.1, 0.15) is 0 Å². The molecule has 0 saturated carbocycles. The third kappa shape index (κ3) is 3.88. The fourth-order valence-corrected chi connectivity index (χ4v) is 17.0. The summed E-state index contributed by atoms with van der Waals surface area (Å²) in [5, 5.41) is 0. The molecule has 0 aromatic heterocycles. The van der Waals surface area contributed by atoms with Crippen molar-refractivity contribution in [3.05, 3.63) is 0 Å². The van der Waals surface area contributed by atoms with Crippen molar-refractivity contribution in [2.45, 2.75) is 39.3 Å². The van der Waals surface area contributed by atoms with Crippen molar-refractivity contribution in [3.63, 3.8) is 0 Å². The molecule has 0 heterocycles. The number of hydrogen-bond acceptors (Lipinski definition) is 0. The first kappa shape index (κ1) is 11.9. The van der Waals surface area contributed by atoms with Crippen LogP contribution in [0.15, 0.2) is 0 Å². The monoisotopic (exact) mass is 224 g/mol. The van der Waals surface area contributed by atoms with E-state index in [0.717, 1.165) is 7.56 Å². The minimum absolute atomic E-state index is 1.03. The lowest BCUT2D eigenvalue weighted by molar-refractivity contribution is 1.79. The summed E-state index contributed by atoms with van der Waals surface area (Å²) in [6, 6.07) is 0. The highest BCUT2D eigenvalue weighted by Gasteiger charge is 2.31. The second-order valence-corrected chi connectivity index (χ2v) is 17.4.